The van der Waals surface area contributed by atoms with E-state index in [0.717, 1.165) is 57.8 Å². The van der Waals surface area contributed by atoms with E-state index in [0.29, 0.717) is 25.7 Å². The minimum atomic E-state index is -0.784. The average Bonchev–Trinajstić information content (AvgIpc) is 3.18. The lowest BCUT2D eigenvalue weighted by Gasteiger charge is -2.18. The molecule has 0 amide bonds. The molecule has 320 valence electrons. The van der Waals surface area contributed by atoms with Crippen LogP contribution in [0.4, 0.5) is 0 Å². The minimum absolute atomic E-state index is 0.0845. The van der Waals surface area contributed by atoms with Gasteiger partial charge in [0.2, 0.25) is 0 Å². The molecule has 1 atom stereocenters. The maximum absolute atomic E-state index is 12.7. The molecule has 6 heteroatoms. The molecule has 0 N–H and O–H groups in total. The van der Waals surface area contributed by atoms with Gasteiger partial charge in [-0.25, -0.2) is 0 Å². The first-order valence-electron chi connectivity index (χ1n) is 23.5. The van der Waals surface area contributed by atoms with Crippen molar-refractivity contribution < 1.29 is 28.6 Å². The molecule has 1 unspecified atom stereocenters. The van der Waals surface area contributed by atoms with Gasteiger partial charge in [0, 0.05) is 19.3 Å². The van der Waals surface area contributed by atoms with E-state index < -0.39 is 6.10 Å². The van der Waals surface area contributed by atoms with Gasteiger partial charge < -0.3 is 14.2 Å². The second kappa shape index (κ2) is 44.3. The van der Waals surface area contributed by atoms with E-state index in [1.54, 1.807) is 0 Å². The van der Waals surface area contributed by atoms with Gasteiger partial charge in [0.15, 0.2) is 6.10 Å². The topological polar surface area (TPSA) is 78.9 Å². The summed E-state index contributed by atoms with van der Waals surface area (Å²) in [7, 11) is 0. The van der Waals surface area contributed by atoms with Gasteiger partial charge in [-0.05, 0) is 51.4 Å². The summed E-state index contributed by atoms with van der Waals surface area (Å²) in [6, 6.07) is 0. The summed E-state index contributed by atoms with van der Waals surface area (Å²) >= 11 is 0. The highest BCUT2D eigenvalue weighted by molar-refractivity contribution is 5.71. The highest BCUT2D eigenvalue weighted by Gasteiger charge is 2.19. The number of unbranched alkanes of at least 4 members (excludes halogenated alkanes) is 25. The van der Waals surface area contributed by atoms with Crippen LogP contribution in [-0.2, 0) is 28.6 Å². The van der Waals surface area contributed by atoms with Gasteiger partial charge in [-0.15, -0.1) is 0 Å². The number of carbonyl (C=O) groups is 3. The third-order valence-electron chi connectivity index (χ3n) is 10.1. The Hall–Kier alpha value is -2.37. The fourth-order valence-electron chi connectivity index (χ4n) is 6.58. The van der Waals surface area contributed by atoms with Crippen LogP contribution >= 0.6 is 0 Å². The van der Waals surface area contributed by atoms with E-state index in [2.05, 4.69) is 57.2 Å². The van der Waals surface area contributed by atoms with Crippen molar-refractivity contribution in [2.75, 3.05) is 13.2 Å². The molecule has 0 saturated heterocycles. The predicted molar refractivity (Wildman–Crippen MR) is 233 cm³/mol. The van der Waals surface area contributed by atoms with Crippen LogP contribution in [0.3, 0.4) is 0 Å². The summed E-state index contributed by atoms with van der Waals surface area (Å²) in [5.74, 6) is -0.938. The third-order valence-corrected chi connectivity index (χ3v) is 10.1. The van der Waals surface area contributed by atoms with Crippen LogP contribution in [0, 0.1) is 0 Å². The van der Waals surface area contributed by atoms with Crippen LogP contribution in [0.5, 0.6) is 0 Å². The number of allylic oxidation sites excluding steroid dienone is 6. The lowest BCUT2D eigenvalue weighted by atomic mass is 10.1. The van der Waals surface area contributed by atoms with Crippen molar-refractivity contribution >= 4 is 17.9 Å². The Kier molecular flexibility index (Phi) is 42.4. The van der Waals surface area contributed by atoms with Crippen molar-refractivity contribution in [3.63, 3.8) is 0 Å². The second-order valence-corrected chi connectivity index (χ2v) is 15.7. The average molecular weight is 773 g/mol. The molecule has 0 aromatic heterocycles. The van der Waals surface area contributed by atoms with E-state index in [-0.39, 0.29) is 31.1 Å². The fourth-order valence-corrected chi connectivity index (χ4v) is 6.58. The van der Waals surface area contributed by atoms with Crippen LogP contribution in [0.15, 0.2) is 36.5 Å². The molecule has 0 fully saturated rings. The van der Waals surface area contributed by atoms with Gasteiger partial charge >= 0.3 is 17.9 Å². The van der Waals surface area contributed by atoms with E-state index in [1.165, 1.54) is 135 Å². The molecule has 0 rings (SSSR count). The summed E-state index contributed by atoms with van der Waals surface area (Å²) in [6.45, 7) is 6.56. The lowest BCUT2D eigenvalue weighted by molar-refractivity contribution is -0.167. The monoisotopic (exact) mass is 773 g/mol. The van der Waals surface area contributed by atoms with E-state index >= 15 is 0 Å². The third kappa shape index (κ3) is 42.6. The number of hydrogen-bond acceptors (Lipinski definition) is 6. The summed E-state index contributed by atoms with van der Waals surface area (Å²) in [5, 5.41) is 0. The van der Waals surface area contributed by atoms with E-state index in [1.807, 2.05) is 0 Å². The van der Waals surface area contributed by atoms with Crippen molar-refractivity contribution in [2.45, 2.75) is 245 Å². The highest BCUT2D eigenvalue weighted by atomic mass is 16.6. The number of ether oxygens (including phenoxy) is 3. The first-order chi connectivity index (χ1) is 27.0. The molecule has 0 aliphatic rings. The lowest BCUT2D eigenvalue weighted by Crippen LogP contribution is -2.30. The maximum atomic E-state index is 12.7. The van der Waals surface area contributed by atoms with Crippen LogP contribution in [0.2, 0.25) is 0 Å². The molecule has 0 heterocycles. The number of rotatable bonds is 42. The fraction of sp³-hybridized carbons (Fsp3) is 0.816. The summed E-state index contributed by atoms with van der Waals surface area (Å²) < 4.78 is 16.6. The quantitative estimate of drug-likeness (QED) is 0.0266. The van der Waals surface area contributed by atoms with Crippen LogP contribution < -0.4 is 0 Å². The SMILES string of the molecule is CCCCCCCC/C=C\C/C=C\C/C=C\CCCC(=O)OCC(COC(=O)CCCCCCCCCCCC)OC(=O)CCCCCCCCCCCC. The van der Waals surface area contributed by atoms with Crippen molar-refractivity contribution in [3.8, 4) is 0 Å². The smallest absolute Gasteiger partial charge is 0.306 e. The first kappa shape index (κ1) is 52.6. The summed E-state index contributed by atoms with van der Waals surface area (Å²) in [6.07, 6.45) is 49.9. The second-order valence-electron chi connectivity index (χ2n) is 15.7. The van der Waals surface area contributed by atoms with Crippen molar-refractivity contribution in [1.29, 1.82) is 0 Å². The first-order valence-corrected chi connectivity index (χ1v) is 23.5. The van der Waals surface area contributed by atoms with Gasteiger partial charge in [-0.2, -0.15) is 0 Å². The minimum Gasteiger partial charge on any atom is -0.462 e. The number of hydrogen-bond donors (Lipinski definition) is 0. The molecule has 6 nitrogen and oxygen atoms in total. The predicted octanol–water partition coefficient (Wildman–Crippen LogP) is 15.0. The van der Waals surface area contributed by atoms with Crippen LogP contribution in [0.1, 0.15) is 239 Å². The Morgan fingerprint density at radius 1 is 0.364 bits per heavy atom. The van der Waals surface area contributed by atoms with Crippen LogP contribution in [-0.4, -0.2) is 37.2 Å². The van der Waals surface area contributed by atoms with E-state index in [4.69, 9.17) is 14.2 Å². The van der Waals surface area contributed by atoms with Crippen molar-refractivity contribution in [1.82, 2.24) is 0 Å². The zero-order valence-electron chi connectivity index (χ0n) is 36.4. The highest BCUT2D eigenvalue weighted by Crippen LogP contribution is 2.14. The molecular formula is C49H88O6. The van der Waals surface area contributed by atoms with Crippen molar-refractivity contribution in [2.24, 2.45) is 0 Å². The largest absolute Gasteiger partial charge is 0.462 e. The Labute approximate surface area is 340 Å². The zero-order chi connectivity index (χ0) is 40.1. The molecule has 0 saturated carbocycles. The molecule has 0 aromatic rings. The van der Waals surface area contributed by atoms with Gasteiger partial charge in [0.25, 0.3) is 0 Å². The molecule has 0 aromatic carbocycles. The Morgan fingerprint density at radius 2 is 0.673 bits per heavy atom. The number of esters is 3. The van der Waals surface area contributed by atoms with E-state index in [9.17, 15) is 14.4 Å². The molecule has 0 bridgehead atoms. The summed E-state index contributed by atoms with van der Waals surface area (Å²) in [5.41, 5.74) is 0. The molecular weight excluding hydrogens is 685 g/mol. The normalized spacial score (nSPS) is 12.3. The maximum Gasteiger partial charge on any atom is 0.306 e. The Bertz CT molecular complexity index is 938. The Morgan fingerprint density at radius 3 is 1.09 bits per heavy atom. The molecule has 55 heavy (non-hydrogen) atoms. The standard InChI is InChI=1S/C49H88O6/c1-4-7-10-13-16-19-22-23-24-25-26-27-28-31-33-36-39-42-48(51)54-45-46(55-49(52)43-40-37-34-30-21-18-15-12-9-6-3)44-53-47(50)41-38-35-32-29-20-17-14-11-8-5-2/h23-24,26-27,31,33,46H,4-22,25,28-30,32,34-45H2,1-3H3/b24-23-,27-26-,33-31-. The molecule has 0 aliphatic heterocycles. The summed E-state index contributed by atoms with van der Waals surface area (Å²) in [4.78, 5) is 37.7. The Balaban J connectivity index is 4.39. The molecule has 0 radical (unpaired) electrons. The number of carbonyl (C=O) groups excluding carboxylic acids is 3. The van der Waals surface area contributed by atoms with Crippen LogP contribution in [0.25, 0.3) is 0 Å². The zero-order valence-corrected chi connectivity index (χ0v) is 36.4. The van der Waals surface area contributed by atoms with Gasteiger partial charge in [-0.1, -0.05) is 205 Å². The van der Waals surface area contributed by atoms with Crippen molar-refractivity contribution in [3.05, 3.63) is 36.5 Å². The van der Waals surface area contributed by atoms with Gasteiger partial charge in [0.05, 0.1) is 0 Å². The van der Waals surface area contributed by atoms with Gasteiger partial charge in [-0.3, -0.25) is 14.4 Å². The van der Waals surface area contributed by atoms with Gasteiger partial charge in [0.1, 0.15) is 13.2 Å². The molecule has 0 aliphatic carbocycles. The molecule has 0 spiro atoms.